The van der Waals surface area contributed by atoms with Crippen molar-refractivity contribution in [1.82, 2.24) is 9.55 Å². The first-order valence-corrected chi connectivity index (χ1v) is 6.68. The second kappa shape index (κ2) is 6.65. The first-order chi connectivity index (χ1) is 9.25. The van der Waals surface area contributed by atoms with Crippen LogP contribution in [0.2, 0.25) is 0 Å². The smallest absolute Gasteiger partial charge is 0.348 e. The molecule has 0 fully saturated rings. The van der Waals surface area contributed by atoms with Gasteiger partial charge in [-0.25, -0.2) is 4.79 Å². The van der Waals surface area contributed by atoms with E-state index in [1.807, 2.05) is 13.8 Å². The third-order valence-corrected chi connectivity index (χ3v) is 3.25. The topological polar surface area (TPSA) is 81.4 Å². The Labute approximate surface area is 118 Å². The van der Waals surface area contributed by atoms with E-state index in [2.05, 4.69) is 4.98 Å². The number of hydrogen-bond acceptors (Lipinski definition) is 4. The quantitative estimate of drug-likeness (QED) is 0.854. The molecule has 6 nitrogen and oxygen atoms in total. The van der Waals surface area contributed by atoms with Crippen LogP contribution in [0.4, 0.5) is 0 Å². The van der Waals surface area contributed by atoms with E-state index in [4.69, 9.17) is 9.84 Å². The Morgan fingerprint density at radius 2 is 1.95 bits per heavy atom. The molecule has 0 spiro atoms. The molecule has 1 aromatic heterocycles. The molecular weight excluding hydrogens is 260 g/mol. The predicted octanol–water partition coefficient (Wildman–Crippen LogP) is 1.47. The zero-order chi connectivity index (χ0) is 15.4. The van der Waals surface area contributed by atoms with Gasteiger partial charge in [0.05, 0.1) is 25.2 Å². The second-order valence-corrected chi connectivity index (χ2v) is 5.11. The van der Waals surface area contributed by atoms with Crippen LogP contribution in [-0.4, -0.2) is 33.3 Å². The first-order valence-electron chi connectivity index (χ1n) is 6.68. The summed E-state index contributed by atoms with van der Waals surface area (Å²) in [6.07, 6.45) is 0.0850. The molecular formula is C14H22N2O4. The van der Waals surface area contributed by atoms with Crippen LogP contribution in [0.3, 0.4) is 0 Å². The summed E-state index contributed by atoms with van der Waals surface area (Å²) in [6, 6.07) is 0. The van der Waals surface area contributed by atoms with Crippen molar-refractivity contribution < 1.29 is 14.6 Å². The van der Waals surface area contributed by atoms with Crippen LogP contribution in [0.25, 0.3) is 0 Å². The average Bonchev–Trinajstić information content (AvgIpc) is 2.32. The van der Waals surface area contributed by atoms with Crippen LogP contribution in [0.5, 0.6) is 0 Å². The van der Waals surface area contributed by atoms with E-state index in [9.17, 15) is 9.59 Å². The maximum atomic E-state index is 11.9. The van der Waals surface area contributed by atoms with Gasteiger partial charge in [-0.15, -0.1) is 0 Å². The molecule has 0 bridgehead atoms. The Balaban J connectivity index is 3.16. The lowest BCUT2D eigenvalue weighted by atomic mass is 9.98. The molecule has 1 heterocycles. The number of carboxylic acids is 1. The molecule has 0 aliphatic heterocycles. The number of nitrogens with zero attached hydrogens (tertiary/aromatic N) is 2. The number of ether oxygens (including phenoxy) is 1. The Kier molecular flexibility index (Phi) is 5.44. The maximum Gasteiger partial charge on any atom is 0.348 e. The van der Waals surface area contributed by atoms with Crippen molar-refractivity contribution in [2.24, 2.45) is 0 Å². The number of carbonyl (C=O) groups is 1. The summed E-state index contributed by atoms with van der Waals surface area (Å²) < 4.78 is 6.91. The fourth-order valence-corrected chi connectivity index (χ4v) is 2.21. The Morgan fingerprint density at radius 1 is 1.35 bits per heavy atom. The molecule has 0 amide bonds. The van der Waals surface area contributed by atoms with E-state index in [0.717, 1.165) is 0 Å². The van der Waals surface area contributed by atoms with Crippen molar-refractivity contribution in [2.45, 2.75) is 53.2 Å². The standard InChI is InChI=1S/C14H22N2O4/c1-8(2)20-7-6-16-11(5)12(9(3)13(17)18)10(4)15-14(16)19/h8-9H,6-7H2,1-5H3,(H,17,18). The zero-order valence-electron chi connectivity index (χ0n) is 12.6. The van der Waals surface area contributed by atoms with Crippen molar-refractivity contribution in [3.05, 3.63) is 27.4 Å². The Bertz CT molecular complexity index is 549. The van der Waals surface area contributed by atoms with Gasteiger partial charge in [0, 0.05) is 17.0 Å². The molecule has 1 atom stereocenters. The highest BCUT2D eigenvalue weighted by molar-refractivity contribution is 5.76. The van der Waals surface area contributed by atoms with Gasteiger partial charge >= 0.3 is 11.7 Å². The van der Waals surface area contributed by atoms with E-state index in [-0.39, 0.29) is 11.8 Å². The number of hydrogen-bond donors (Lipinski definition) is 1. The zero-order valence-corrected chi connectivity index (χ0v) is 12.6. The minimum Gasteiger partial charge on any atom is -0.481 e. The van der Waals surface area contributed by atoms with E-state index >= 15 is 0 Å². The molecule has 0 aliphatic rings. The molecule has 0 aliphatic carbocycles. The molecule has 0 aromatic carbocycles. The largest absolute Gasteiger partial charge is 0.481 e. The van der Waals surface area contributed by atoms with Gasteiger partial charge in [0.1, 0.15) is 0 Å². The van der Waals surface area contributed by atoms with Crippen molar-refractivity contribution in [2.75, 3.05) is 6.61 Å². The van der Waals surface area contributed by atoms with Crippen LogP contribution in [0.15, 0.2) is 4.79 Å². The summed E-state index contributed by atoms with van der Waals surface area (Å²) in [7, 11) is 0. The second-order valence-electron chi connectivity index (χ2n) is 5.11. The summed E-state index contributed by atoms with van der Waals surface area (Å²) in [5, 5.41) is 9.15. The van der Waals surface area contributed by atoms with Gasteiger partial charge in [-0.2, -0.15) is 4.98 Å². The summed E-state index contributed by atoms with van der Waals surface area (Å²) in [5.41, 5.74) is 1.35. The van der Waals surface area contributed by atoms with Crippen LogP contribution >= 0.6 is 0 Å². The van der Waals surface area contributed by atoms with Gasteiger partial charge in [0.25, 0.3) is 0 Å². The maximum absolute atomic E-state index is 11.9. The third kappa shape index (κ3) is 3.66. The Morgan fingerprint density at radius 3 is 2.45 bits per heavy atom. The highest BCUT2D eigenvalue weighted by Crippen LogP contribution is 2.21. The minimum atomic E-state index is -0.929. The van der Waals surface area contributed by atoms with E-state index in [1.54, 1.807) is 20.8 Å². The van der Waals surface area contributed by atoms with Gasteiger partial charge in [-0.1, -0.05) is 0 Å². The summed E-state index contributed by atoms with van der Waals surface area (Å²) in [6.45, 7) is 9.61. The number of aryl methyl sites for hydroxylation is 1. The molecule has 6 heteroatoms. The molecule has 1 N–H and O–H groups in total. The number of aliphatic carboxylic acids is 1. The van der Waals surface area contributed by atoms with E-state index in [0.29, 0.717) is 30.1 Å². The predicted molar refractivity (Wildman–Crippen MR) is 75.1 cm³/mol. The Hall–Kier alpha value is -1.69. The highest BCUT2D eigenvalue weighted by Gasteiger charge is 2.22. The lowest BCUT2D eigenvalue weighted by molar-refractivity contribution is -0.138. The van der Waals surface area contributed by atoms with Gasteiger partial charge < -0.3 is 9.84 Å². The fourth-order valence-electron chi connectivity index (χ4n) is 2.21. The molecule has 1 aromatic rings. The van der Waals surface area contributed by atoms with Crippen LogP contribution in [0.1, 0.15) is 43.6 Å². The molecule has 0 radical (unpaired) electrons. The number of rotatable bonds is 6. The normalized spacial score (nSPS) is 12.7. The molecule has 20 heavy (non-hydrogen) atoms. The minimum absolute atomic E-state index is 0.0850. The van der Waals surface area contributed by atoms with Crippen molar-refractivity contribution in [1.29, 1.82) is 0 Å². The monoisotopic (exact) mass is 282 g/mol. The fraction of sp³-hybridized carbons (Fsp3) is 0.643. The number of aromatic nitrogens is 2. The summed E-state index contributed by atoms with van der Waals surface area (Å²) >= 11 is 0. The van der Waals surface area contributed by atoms with Gasteiger partial charge in [-0.3, -0.25) is 9.36 Å². The lowest BCUT2D eigenvalue weighted by Gasteiger charge is -2.18. The van der Waals surface area contributed by atoms with Gasteiger partial charge in [0.15, 0.2) is 0 Å². The molecule has 0 saturated carbocycles. The van der Waals surface area contributed by atoms with Crippen LogP contribution in [-0.2, 0) is 16.1 Å². The number of carboxylic acid groups (broad SMARTS) is 1. The molecule has 1 unspecified atom stereocenters. The average molecular weight is 282 g/mol. The van der Waals surface area contributed by atoms with Gasteiger partial charge in [-0.05, 0) is 34.6 Å². The summed E-state index contributed by atoms with van der Waals surface area (Å²) in [4.78, 5) is 27.0. The van der Waals surface area contributed by atoms with E-state index < -0.39 is 11.9 Å². The van der Waals surface area contributed by atoms with Crippen molar-refractivity contribution >= 4 is 5.97 Å². The van der Waals surface area contributed by atoms with E-state index in [1.165, 1.54) is 4.57 Å². The highest BCUT2D eigenvalue weighted by atomic mass is 16.5. The van der Waals surface area contributed by atoms with Crippen molar-refractivity contribution in [3.8, 4) is 0 Å². The lowest BCUT2D eigenvalue weighted by Crippen LogP contribution is -2.31. The van der Waals surface area contributed by atoms with Crippen molar-refractivity contribution in [3.63, 3.8) is 0 Å². The third-order valence-electron chi connectivity index (χ3n) is 3.25. The van der Waals surface area contributed by atoms with Gasteiger partial charge in [0.2, 0.25) is 0 Å². The molecule has 0 saturated heterocycles. The molecule has 112 valence electrons. The SMILES string of the molecule is Cc1nc(=O)n(CCOC(C)C)c(C)c1C(C)C(=O)O. The van der Waals surface area contributed by atoms with Crippen LogP contribution in [0, 0.1) is 13.8 Å². The molecule has 1 rings (SSSR count). The summed E-state index contributed by atoms with van der Waals surface area (Å²) in [5.74, 6) is -1.62. The van der Waals surface area contributed by atoms with Crippen LogP contribution < -0.4 is 5.69 Å². The first kappa shape index (κ1) is 16.4.